The Bertz CT molecular complexity index is 726. The summed E-state index contributed by atoms with van der Waals surface area (Å²) in [5.74, 6) is 2.77. The fourth-order valence-corrected chi connectivity index (χ4v) is 5.13. The lowest BCUT2D eigenvalue weighted by atomic mass is 9.77. The second-order valence-corrected chi connectivity index (χ2v) is 9.60. The second-order valence-electron chi connectivity index (χ2n) is 9.60. The molecule has 2 aromatic carbocycles. The SMILES string of the molecule is CCCCCCCCOc1ccc2cc(C3CCC(CCCCC)CC3)ccc2c1. The van der Waals surface area contributed by atoms with Gasteiger partial charge >= 0.3 is 0 Å². The summed E-state index contributed by atoms with van der Waals surface area (Å²) in [6.45, 7) is 5.42. The average Bonchev–Trinajstić information content (AvgIpc) is 2.79. The average molecular weight is 409 g/mol. The van der Waals surface area contributed by atoms with E-state index >= 15 is 0 Å². The lowest BCUT2D eigenvalue weighted by Gasteiger charge is -2.29. The van der Waals surface area contributed by atoms with E-state index in [-0.39, 0.29) is 0 Å². The summed E-state index contributed by atoms with van der Waals surface area (Å²) in [6.07, 6.45) is 19.1. The van der Waals surface area contributed by atoms with Gasteiger partial charge in [-0.3, -0.25) is 0 Å². The van der Waals surface area contributed by atoms with Gasteiger partial charge in [-0.15, -0.1) is 0 Å². The summed E-state index contributed by atoms with van der Waals surface area (Å²) in [6, 6.07) is 13.8. The number of hydrogen-bond donors (Lipinski definition) is 0. The molecule has 0 spiro atoms. The maximum absolute atomic E-state index is 6.02. The first-order valence-electron chi connectivity index (χ1n) is 13.0. The molecular formula is C29H44O. The molecule has 1 saturated carbocycles. The van der Waals surface area contributed by atoms with E-state index in [0.717, 1.165) is 24.2 Å². The van der Waals surface area contributed by atoms with Crippen molar-refractivity contribution in [2.75, 3.05) is 6.61 Å². The molecule has 1 heteroatoms. The Kier molecular flexibility index (Phi) is 10.1. The fraction of sp³-hybridized carbons (Fsp3) is 0.655. The van der Waals surface area contributed by atoms with Gasteiger partial charge in [0.25, 0.3) is 0 Å². The minimum absolute atomic E-state index is 0.764. The maximum atomic E-state index is 6.02. The van der Waals surface area contributed by atoms with Crippen molar-refractivity contribution < 1.29 is 4.74 Å². The van der Waals surface area contributed by atoms with Crippen molar-refractivity contribution in [3.05, 3.63) is 42.0 Å². The number of unbranched alkanes of at least 4 members (excludes halogenated alkanes) is 7. The lowest BCUT2D eigenvalue weighted by Crippen LogP contribution is -2.13. The predicted octanol–water partition coefficient (Wildman–Crippen LogP) is 9.43. The molecule has 2 aromatic rings. The molecule has 30 heavy (non-hydrogen) atoms. The second kappa shape index (κ2) is 13.0. The van der Waals surface area contributed by atoms with E-state index in [1.54, 1.807) is 5.56 Å². The summed E-state index contributed by atoms with van der Waals surface area (Å²) in [7, 11) is 0. The third-order valence-electron chi connectivity index (χ3n) is 7.14. The van der Waals surface area contributed by atoms with Gasteiger partial charge in [0.15, 0.2) is 0 Å². The van der Waals surface area contributed by atoms with Crippen molar-refractivity contribution in [1.29, 1.82) is 0 Å². The minimum atomic E-state index is 0.764. The van der Waals surface area contributed by atoms with Crippen LogP contribution in [0.25, 0.3) is 10.8 Å². The highest BCUT2D eigenvalue weighted by Crippen LogP contribution is 2.38. The number of hydrogen-bond acceptors (Lipinski definition) is 1. The van der Waals surface area contributed by atoms with Crippen molar-refractivity contribution in [2.45, 2.75) is 110 Å². The van der Waals surface area contributed by atoms with Gasteiger partial charge in [0.05, 0.1) is 6.61 Å². The standard InChI is InChI=1S/C29H44O/c1-3-5-7-8-9-11-21-30-29-20-19-27-22-26(17-18-28(27)23-29)25-15-13-24(14-16-25)12-10-6-4-2/h17-20,22-25H,3-16,21H2,1-2H3. The zero-order chi connectivity index (χ0) is 21.0. The van der Waals surface area contributed by atoms with E-state index in [2.05, 4.69) is 50.2 Å². The van der Waals surface area contributed by atoms with Crippen LogP contribution in [0.5, 0.6) is 5.75 Å². The number of rotatable bonds is 13. The zero-order valence-corrected chi connectivity index (χ0v) is 19.6. The predicted molar refractivity (Wildman–Crippen MR) is 132 cm³/mol. The largest absolute Gasteiger partial charge is 0.494 e. The summed E-state index contributed by atoms with van der Waals surface area (Å²) < 4.78 is 6.02. The molecule has 0 N–H and O–H groups in total. The Morgan fingerprint density at radius 1 is 0.700 bits per heavy atom. The number of ether oxygens (including phenoxy) is 1. The van der Waals surface area contributed by atoms with E-state index in [1.165, 1.54) is 101 Å². The molecule has 0 bridgehead atoms. The smallest absolute Gasteiger partial charge is 0.119 e. The Balaban J connectivity index is 1.46. The lowest BCUT2D eigenvalue weighted by molar-refractivity contribution is 0.303. The van der Waals surface area contributed by atoms with Crippen LogP contribution in [-0.2, 0) is 0 Å². The van der Waals surface area contributed by atoms with Gasteiger partial charge in [0.2, 0.25) is 0 Å². The highest BCUT2D eigenvalue weighted by molar-refractivity contribution is 5.84. The molecule has 0 radical (unpaired) electrons. The molecule has 1 fully saturated rings. The van der Waals surface area contributed by atoms with Crippen LogP contribution >= 0.6 is 0 Å². The van der Waals surface area contributed by atoms with Crippen molar-refractivity contribution in [3.8, 4) is 5.75 Å². The topological polar surface area (TPSA) is 9.23 Å². The summed E-state index contributed by atoms with van der Waals surface area (Å²) in [5, 5.41) is 2.68. The molecule has 0 amide bonds. The van der Waals surface area contributed by atoms with Crippen molar-refractivity contribution >= 4 is 10.8 Å². The molecule has 1 aliphatic carbocycles. The van der Waals surface area contributed by atoms with Crippen molar-refractivity contribution in [2.24, 2.45) is 5.92 Å². The van der Waals surface area contributed by atoms with E-state index < -0.39 is 0 Å². The molecule has 0 heterocycles. The van der Waals surface area contributed by atoms with Crippen molar-refractivity contribution in [3.63, 3.8) is 0 Å². The summed E-state index contributed by atoms with van der Waals surface area (Å²) >= 11 is 0. The first-order valence-corrected chi connectivity index (χ1v) is 13.0. The van der Waals surface area contributed by atoms with Gasteiger partial charge in [-0.2, -0.15) is 0 Å². The van der Waals surface area contributed by atoms with Crippen LogP contribution in [0.1, 0.15) is 115 Å². The van der Waals surface area contributed by atoms with Gasteiger partial charge in [-0.1, -0.05) is 95.9 Å². The fourth-order valence-electron chi connectivity index (χ4n) is 5.13. The first-order chi connectivity index (χ1) is 14.8. The molecule has 0 saturated heterocycles. The van der Waals surface area contributed by atoms with Gasteiger partial charge < -0.3 is 4.74 Å². The molecule has 0 aromatic heterocycles. The van der Waals surface area contributed by atoms with E-state index in [0.29, 0.717) is 0 Å². The molecule has 0 atom stereocenters. The molecule has 0 aliphatic heterocycles. The molecule has 3 rings (SSSR count). The Morgan fingerprint density at radius 3 is 2.17 bits per heavy atom. The van der Waals surface area contributed by atoms with Gasteiger partial charge in [-0.05, 0) is 72.4 Å². The molecule has 0 unspecified atom stereocenters. The number of fused-ring (bicyclic) bond motifs is 1. The third kappa shape index (κ3) is 7.33. The third-order valence-corrected chi connectivity index (χ3v) is 7.14. The highest BCUT2D eigenvalue weighted by Gasteiger charge is 2.22. The van der Waals surface area contributed by atoms with Crippen LogP contribution in [0.15, 0.2) is 36.4 Å². The normalized spacial score (nSPS) is 19.3. The zero-order valence-electron chi connectivity index (χ0n) is 19.6. The van der Waals surface area contributed by atoms with Crippen LogP contribution in [0, 0.1) is 5.92 Å². The molecule has 1 nitrogen and oxygen atoms in total. The highest BCUT2D eigenvalue weighted by atomic mass is 16.5. The van der Waals surface area contributed by atoms with Crippen LogP contribution in [-0.4, -0.2) is 6.61 Å². The molecule has 166 valence electrons. The quantitative estimate of drug-likeness (QED) is 0.300. The van der Waals surface area contributed by atoms with Gasteiger partial charge in [0, 0.05) is 0 Å². The van der Waals surface area contributed by atoms with Crippen molar-refractivity contribution in [1.82, 2.24) is 0 Å². The Hall–Kier alpha value is -1.50. The Labute approximate surface area is 185 Å². The van der Waals surface area contributed by atoms with Gasteiger partial charge in [0.1, 0.15) is 5.75 Å². The van der Waals surface area contributed by atoms with Crippen LogP contribution in [0.3, 0.4) is 0 Å². The molecule has 1 aliphatic rings. The molecular weight excluding hydrogens is 364 g/mol. The minimum Gasteiger partial charge on any atom is -0.494 e. The monoisotopic (exact) mass is 408 g/mol. The van der Waals surface area contributed by atoms with E-state index in [1.807, 2.05) is 0 Å². The van der Waals surface area contributed by atoms with Gasteiger partial charge in [-0.25, -0.2) is 0 Å². The van der Waals surface area contributed by atoms with Crippen LogP contribution < -0.4 is 4.74 Å². The Morgan fingerprint density at radius 2 is 1.37 bits per heavy atom. The first kappa shape index (κ1) is 23.2. The van der Waals surface area contributed by atoms with Crippen LogP contribution in [0.2, 0.25) is 0 Å². The number of benzene rings is 2. The van der Waals surface area contributed by atoms with E-state index in [9.17, 15) is 0 Å². The van der Waals surface area contributed by atoms with E-state index in [4.69, 9.17) is 4.74 Å². The summed E-state index contributed by atoms with van der Waals surface area (Å²) in [5.41, 5.74) is 1.55. The maximum Gasteiger partial charge on any atom is 0.119 e. The summed E-state index contributed by atoms with van der Waals surface area (Å²) in [4.78, 5) is 0. The van der Waals surface area contributed by atoms with Crippen LogP contribution in [0.4, 0.5) is 0 Å².